The first-order valence-electron chi connectivity index (χ1n) is 11.5. The summed E-state index contributed by atoms with van der Waals surface area (Å²) in [5.74, 6) is -2.34. The summed E-state index contributed by atoms with van der Waals surface area (Å²) in [4.78, 5) is 38.8. The Morgan fingerprint density at radius 2 is 1.50 bits per heavy atom. The maximum Gasteiger partial charge on any atom is 0.309 e. The fourth-order valence-electron chi connectivity index (χ4n) is 4.26. The lowest BCUT2D eigenvalue weighted by molar-refractivity contribution is -0.164. The van der Waals surface area contributed by atoms with E-state index in [1.165, 1.54) is 23.4 Å². The molecule has 0 unspecified atom stereocenters. The predicted molar refractivity (Wildman–Crippen MR) is 119 cm³/mol. The number of sulfonamides is 1. The van der Waals surface area contributed by atoms with Gasteiger partial charge in [-0.2, -0.15) is 4.31 Å². The molecule has 0 radical (unpaired) electrons. The molecule has 2 aliphatic heterocycles. The normalized spacial score (nSPS) is 19.4. The Bertz CT molecular complexity index is 983. The Labute approximate surface area is 199 Å². The van der Waals surface area contributed by atoms with Crippen molar-refractivity contribution >= 4 is 27.9 Å². The number of rotatable bonds is 7. The van der Waals surface area contributed by atoms with E-state index in [1.807, 2.05) is 0 Å². The van der Waals surface area contributed by atoms with Gasteiger partial charge in [-0.1, -0.05) is 0 Å². The number of likely N-dealkylation sites (tertiary alicyclic amines) is 1. The van der Waals surface area contributed by atoms with Gasteiger partial charge in [0, 0.05) is 26.2 Å². The van der Waals surface area contributed by atoms with Crippen molar-refractivity contribution in [2.45, 2.75) is 50.5 Å². The van der Waals surface area contributed by atoms with Gasteiger partial charge in [0.2, 0.25) is 10.0 Å². The summed E-state index contributed by atoms with van der Waals surface area (Å²) in [7, 11) is -3.77. The number of halogens is 1. The van der Waals surface area contributed by atoms with E-state index in [0.717, 1.165) is 12.1 Å². The number of carbonyl (C=O) groups is 3. The van der Waals surface area contributed by atoms with E-state index in [2.05, 4.69) is 0 Å². The van der Waals surface area contributed by atoms with E-state index in [9.17, 15) is 27.2 Å². The fraction of sp³-hybridized carbons (Fsp3) is 0.609. The van der Waals surface area contributed by atoms with Crippen molar-refractivity contribution in [1.29, 1.82) is 0 Å². The molecule has 3 rings (SSSR count). The van der Waals surface area contributed by atoms with Crippen LogP contribution in [0.25, 0.3) is 0 Å². The van der Waals surface area contributed by atoms with Crippen molar-refractivity contribution in [3.8, 4) is 0 Å². The van der Waals surface area contributed by atoms with Gasteiger partial charge in [0.15, 0.2) is 6.10 Å². The van der Waals surface area contributed by atoms with Crippen LogP contribution < -0.4 is 0 Å². The third kappa shape index (κ3) is 6.12. The highest BCUT2D eigenvalue weighted by atomic mass is 32.2. The van der Waals surface area contributed by atoms with Gasteiger partial charge in [0.1, 0.15) is 5.82 Å². The fourth-order valence-corrected chi connectivity index (χ4v) is 5.73. The van der Waals surface area contributed by atoms with Crippen LogP contribution in [0.15, 0.2) is 29.2 Å². The molecule has 34 heavy (non-hydrogen) atoms. The number of carbonyl (C=O) groups excluding carboxylic acids is 3. The highest BCUT2D eigenvalue weighted by molar-refractivity contribution is 7.89. The minimum atomic E-state index is -3.77. The molecule has 0 bridgehead atoms. The lowest BCUT2D eigenvalue weighted by atomic mass is 9.96. The molecule has 2 aliphatic rings. The molecule has 0 saturated carbocycles. The number of piperidine rings is 2. The Morgan fingerprint density at radius 1 is 0.971 bits per heavy atom. The van der Waals surface area contributed by atoms with Crippen LogP contribution in [0.5, 0.6) is 0 Å². The first kappa shape index (κ1) is 26.1. The highest BCUT2D eigenvalue weighted by Gasteiger charge is 2.35. The maximum absolute atomic E-state index is 13.1. The average molecular weight is 499 g/mol. The second kappa shape index (κ2) is 11.3. The monoisotopic (exact) mass is 498 g/mol. The van der Waals surface area contributed by atoms with Crippen molar-refractivity contribution in [2.24, 2.45) is 11.8 Å². The quantitative estimate of drug-likeness (QED) is 0.529. The zero-order valence-corrected chi connectivity index (χ0v) is 20.3. The number of nitrogens with zero attached hydrogens (tertiary/aromatic N) is 2. The van der Waals surface area contributed by atoms with Crippen molar-refractivity contribution in [3.63, 3.8) is 0 Å². The number of ether oxygens (including phenoxy) is 2. The van der Waals surface area contributed by atoms with Crippen LogP contribution in [-0.4, -0.2) is 74.4 Å². The van der Waals surface area contributed by atoms with Crippen molar-refractivity contribution in [2.75, 3.05) is 32.8 Å². The SMILES string of the molecule is CCOC(=O)C1CCN(C(=O)[C@H](C)OC(=O)C2CCN(S(=O)(=O)c3ccc(F)cc3)CC2)CC1. The van der Waals surface area contributed by atoms with Crippen LogP contribution in [0, 0.1) is 17.7 Å². The minimum absolute atomic E-state index is 0.000808. The number of esters is 2. The third-order valence-electron chi connectivity index (χ3n) is 6.31. The van der Waals surface area contributed by atoms with Gasteiger partial charge < -0.3 is 14.4 Å². The summed E-state index contributed by atoms with van der Waals surface area (Å²) in [5, 5.41) is 0. The van der Waals surface area contributed by atoms with E-state index in [0.29, 0.717) is 32.5 Å². The summed E-state index contributed by atoms with van der Waals surface area (Å²) in [5.41, 5.74) is 0. The molecule has 1 atom stereocenters. The van der Waals surface area contributed by atoms with Gasteiger partial charge in [-0.3, -0.25) is 14.4 Å². The molecule has 2 fully saturated rings. The first-order chi connectivity index (χ1) is 16.1. The average Bonchev–Trinajstić information content (AvgIpc) is 2.84. The molecule has 0 aliphatic carbocycles. The van der Waals surface area contributed by atoms with Crippen LogP contribution in [0.1, 0.15) is 39.5 Å². The summed E-state index contributed by atoms with van der Waals surface area (Å²) in [6.07, 6.45) is 0.585. The molecule has 2 heterocycles. The summed E-state index contributed by atoms with van der Waals surface area (Å²) >= 11 is 0. The molecule has 2 saturated heterocycles. The first-order valence-corrected chi connectivity index (χ1v) is 13.0. The number of hydrogen-bond donors (Lipinski definition) is 0. The van der Waals surface area contributed by atoms with Crippen LogP contribution in [0.4, 0.5) is 4.39 Å². The van der Waals surface area contributed by atoms with E-state index in [4.69, 9.17) is 9.47 Å². The minimum Gasteiger partial charge on any atom is -0.466 e. The Hall–Kier alpha value is -2.53. The maximum atomic E-state index is 13.1. The van der Waals surface area contributed by atoms with Gasteiger partial charge >= 0.3 is 11.9 Å². The van der Waals surface area contributed by atoms with E-state index >= 15 is 0 Å². The largest absolute Gasteiger partial charge is 0.466 e. The topological polar surface area (TPSA) is 110 Å². The smallest absolute Gasteiger partial charge is 0.309 e. The molecule has 9 nitrogen and oxygen atoms in total. The van der Waals surface area contributed by atoms with E-state index in [-0.39, 0.29) is 48.6 Å². The van der Waals surface area contributed by atoms with Crippen molar-refractivity contribution < 1.29 is 36.7 Å². The third-order valence-corrected chi connectivity index (χ3v) is 8.22. The Balaban J connectivity index is 1.47. The van der Waals surface area contributed by atoms with Gasteiger partial charge in [-0.15, -0.1) is 0 Å². The molecule has 0 N–H and O–H groups in total. The van der Waals surface area contributed by atoms with Gasteiger partial charge in [-0.05, 0) is 63.8 Å². The van der Waals surface area contributed by atoms with Crippen LogP contribution in [-0.2, 0) is 33.9 Å². The number of hydrogen-bond acceptors (Lipinski definition) is 7. The lowest BCUT2D eigenvalue weighted by Crippen LogP contribution is -2.46. The number of benzene rings is 1. The molecule has 1 aromatic carbocycles. The van der Waals surface area contributed by atoms with Crippen molar-refractivity contribution in [1.82, 2.24) is 9.21 Å². The second-order valence-electron chi connectivity index (χ2n) is 8.56. The van der Waals surface area contributed by atoms with Crippen LogP contribution >= 0.6 is 0 Å². The lowest BCUT2D eigenvalue weighted by Gasteiger charge is -2.33. The molecular formula is C23H31FN2O7S. The van der Waals surface area contributed by atoms with Gasteiger partial charge in [-0.25, -0.2) is 12.8 Å². The van der Waals surface area contributed by atoms with Crippen LogP contribution in [0.3, 0.4) is 0 Å². The standard InChI is InChI=1S/C23H31FN2O7S/c1-3-32-22(28)17-8-12-25(13-9-17)21(27)16(2)33-23(29)18-10-14-26(15-11-18)34(30,31)20-6-4-19(24)5-7-20/h4-7,16-18H,3,8-15H2,1-2H3/t16-/m0/s1. The molecular weight excluding hydrogens is 467 g/mol. The zero-order valence-electron chi connectivity index (χ0n) is 19.4. The molecule has 11 heteroatoms. The van der Waals surface area contributed by atoms with Gasteiger partial charge in [0.05, 0.1) is 23.3 Å². The predicted octanol–water partition coefficient (Wildman–Crippen LogP) is 1.96. The molecule has 0 spiro atoms. The zero-order chi connectivity index (χ0) is 24.9. The summed E-state index contributed by atoms with van der Waals surface area (Å²) in [6.45, 7) is 4.63. The number of amides is 1. The van der Waals surface area contributed by atoms with E-state index < -0.39 is 33.8 Å². The Kier molecular flexibility index (Phi) is 8.64. The molecule has 0 aromatic heterocycles. The molecule has 1 aromatic rings. The molecule has 1 amide bonds. The molecule has 188 valence electrons. The summed E-state index contributed by atoms with van der Waals surface area (Å²) < 4.78 is 50.3. The van der Waals surface area contributed by atoms with Crippen molar-refractivity contribution in [3.05, 3.63) is 30.1 Å². The highest BCUT2D eigenvalue weighted by Crippen LogP contribution is 2.26. The second-order valence-corrected chi connectivity index (χ2v) is 10.5. The van der Waals surface area contributed by atoms with Crippen LogP contribution in [0.2, 0.25) is 0 Å². The Morgan fingerprint density at radius 3 is 2.06 bits per heavy atom. The van der Waals surface area contributed by atoms with Gasteiger partial charge in [0.25, 0.3) is 5.91 Å². The van der Waals surface area contributed by atoms with E-state index in [1.54, 1.807) is 11.8 Å². The summed E-state index contributed by atoms with van der Waals surface area (Å²) in [6, 6.07) is 4.62.